The maximum Gasteiger partial charge on any atom is 0.233 e. The molecule has 0 bridgehead atoms. The highest BCUT2D eigenvalue weighted by Crippen LogP contribution is 2.29. The van der Waals surface area contributed by atoms with Gasteiger partial charge in [0.15, 0.2) is 11.0 Å². The van der Waals surface area contributed by atoms with Crippen LogP contribution in [0.2, 0.25) is 0 Å². The Morgan fingerprint density at radius 1 is 1.24 bits per heavy atom. The molecule has 1 aliphatic rings. The van der Waals surface area contributed by atoms with Gasteiger partial charge in [0.05, 0.1) is 25.2 Å². The third kappa shape index (κ3) is 6.07. The fourth-order valence-corrected chi connectivity index (χ4v) is 4.74. The van der Waals surface area contributed by atoms with Crippen molar-refractivity contribution in [3.8, 4) is 17.1 Å². The molecule has 1 unspecified atom stereocenters. The van der Waals surface area contributed by atoms with Crippen molar-refractivity contribution < 1.29 is 13.9 Å². The SMILES string of the molecule is COc1ccc(-c2nnc(SC(C)C(=O)NCCC3=CCCCC3)n2Cc2ccco2)cc1. The number of allylic oxidation sites excluding steroid dienone is 1. The van der Waals surface area contributed by atoms with Crippen molar-refractivity contribution in [2.75, 3.05) is 13.7 Å². The van der Waals surface area contributed by atoms with Crippen LogP contribution in [-0.4, -0.2) is 39.6 Å². The first-order valence-corrected chi connectivity index (χ1v) is 12.2. The van der Waals surface area contributed by atoms with E-state index < -0.39 is 0 Å². The number of ether oxygens (including phenoxy) is 1. The van der Waals surface area contributed by atoms with Gasteiger partial charge in [-0.05, 0) is 75.4 Å². The summed E-state index contributed by atoms with van der Waals surface area (Å²) in [6.07, 6.45) is 9.76. The quantitative estimate of drug-likeness (QED) is 0.331. The van der Waals surface area contributed by atoms with E-state index in [9.17, 15) is 4.79 Å². The smallest absolute Gasteiger partial charge is 0.233 e. The van der Waals surface area contributed by atoms with Gasteiger partial charge < -0.3 is 14.5 Å². The van der Waals surface area contributed by atoms with Crippen LogP contribution in [0, 0.1) is 0 Å². The van der Waals surface area contributed by atoms with Crippen LogP contribution in [0.25, 0.3) is 11.4 Å². The highest BCUT2D eigenvalue weighted by atomic mass is 32.2. The lowest BCUT2D eigenvalue weighted by Gasteiger charge is -2.15. The number of nitrogens with zero attached hydrogens (tertiary/aromatic N) is 3. The third-order valence-electron chi connectivity index (χ3n) is 5.74. The summed E-state index contributed by atoms with van der Waals surface area (Å²) >= 11 is 1.41. The van der Waals surface area contributed by atoms with Gasteiger partial charge in [-0.1, -0.05) is 23.4 Å². The van der Waals surface area contributed by atoms with Crippen LogP contribution in [0.15, 0.2) is 63.9 Å². The van der Waals surface area contributed by atoms with Crippen molar-refractivity contribution in [3.05, 3.63) is 60.1 Å². The summed E-state index contributed by atoms with van der Waals surface area (Å²) in [4.78, 5) is 12.7. The van der Waals surface area contributed by atoms with Crippen molar-refractivity contribution in [1.29, 1.82) is 0 Å². The van der Waals surface area contributed by atoms with Crippen LogP contribution >= 0.6 is 11.8 Å². The molecule has 0 saturated carbocycles. The fourth-order valence-electron chi connectivity index (χ4n) is 3.86. The van der Waals surface area contributed by atoms with E-state index in [1.165, 1.54) is 30.2 Å². The number of carbonyl (C=O) groups is 1. The minimum Gasteiger partial charge on any atom is -0.497 e. The lowest BCUT2D eigenvalue weighted by molar-refractivity contribution is -0.120. The van der Waals surface area contributed by atoms with Gasteiger partial charge in [0.1, 0.15) is 11.5 Å². The summed E-state index contributed by atoms with van der Waals surface area (Å²) in [5.41, 5.74) is 2.38. The van der Waals surface area contributed by atoms with Crippen molar-refractivity contribution in [1.82, 2.24) is 20.1 Å². The minimum absolute atomic E-state index is 0.00922. The first kappa shape index (κ1) is 23.2. The molecule has 0 saturated heterocycles. The Morgan fingerprint density at radius 2 is 2.09 bits per heavy atom. The molecule has 2 heterocycles. The molecule has 1 aromatic carbocycles. The molecule has 4 rings (SSSR count). The summed E-state index contributed by atoms with van der Waals surface area (Å²) < 4.78 is 12.8. The molecule has 33 heavy (non-hydrogen) atoms. The molecule has 174 valence electrons. The standard InChI is InChI=1S/C25H30N4O3S/c1-18(24(30)26-15-14-19-7-4-3-5-8-19)33-25-28-27-23(20-10-12-21(31-2)13-11-20)29(25)17-22-9-6-16-32-22/h6-7,9-13,16,18H,3-5,8,14-15,17H2,1-2H3,(H,26,30). The Bertz CT molecular complexity index is 1070. The summed E-state index contributed by atoms with van der Waals surface area (Å²) in [6, 6.07) is 11.5. The van der Waals surface area contributed by atoms with Gasteiger partial charge >= 0.3 is 0 Å². The van der Waals surface area contributed by atoms with Crippen molar-refractivity contribution in [3.63, 3.8) is 0 Å². The summed E-state index contributed by atoms with van der Waals surface area (Å²) in [5, 5.41) is 12.3. The van der Waals surface area contributed by atoms with Gasteiger partial charge in [0.2, 0.25) is 5.91 Å². The largest absolute Gasteiger partial charge is 0.497 e. The van der Waals surface area contributed by atoms with E-state index in [0.29, 0.717) is 24.1 Å². The molecule has 0 spiro atoms. The number of carbonyl (C=O) groups excluding carboxylic acids is 1. The highest BCUT2D eigenvalue weighted by Gasteiger charge is 2.21. The number of hydrogen-bond acceptors (Lipinski definition) is 6. The van der Waals surface area contributed by atoms with E-state index in [2.05, 4.69) is 21.6 Å². The molecule has 3 aromatic rings. The lowest BCUT2D eigenvalue weighted by atomic mass is 9.97. The van der Waals surface area contributed by atoms with Crippen LogP contribution in [0.1, 0.15) is 44.8 Å². The zero-order valence-electron chi connectivity index (χ0n) is 19.1. The third-order valence-corrected chi connectivity index (χ3v) is 6.82. The van der Waals surface area contributed by atoms with Crippen LogP contribution in [0.3, 0.4) is 0 Å². The van der Waals surface area contributed by atoms with Crippen molar-refractivity contribution in [2.45, 2.75) is 56.0 Å². The van der Waals surface area contributed by atoms with Crippen molar-refractivity contribution >= 4 is 17.7 Å². The molecular formula is C25H30N4O3S. The molecule has 8 heteroatoms. The second kappa shape index (κ2) is 11.2. The van der Waals surface area contributed by atoms with Gasteiger partial charge in [0, 0.05) is 12.1 Å². The van der Waals surface area contributed by atoms with E-state index in [1.54, 1.807) is 13.4 Å². The van der Waals surface area contributed by atoms with E-state index in [1.807, 2.05) is 47.9 Å². The Balaban J connectivity index is 1.45. The number of methoxy groups -OCH3 is 1. The van der Waals surface area contributed by atoms with Crippen LogP contribution in [0.5, 0.6) is 5.75 Å². The zero-order chi connectivity index (χ0) is 23.0. The Morgan fingerprint density at radius 3 is 2.79 bits per heavy atom. The van der Waals surface area contributed by atoms with Crippen LogP contribution in [0.4, 0.5) is 0 Å². The zero-order valence-corrected chi connectivity index (χ0v) is 19.9. The molecule has 1 N–H and O–H groups in total. The molecule has 0 aliphatic heterocycles. The van der Waals surface area contributed by atoms with E-state index in [0.717, 1.165) is 36.3 Å². The predicted octanol–water partition coefficient (Wildman–Crippen LogP) is 5.08. The first-order valence-electron chi connectivity index (χ1n) is 11.4. The van der Waals surface area contributed by atoms with Gasteiger partial charge in [-0.25, -0.2) is 0 Å². The van der Waals surface area contributed by atoms with E-state index in [4.69, 9.17) is 9.15 Å². The number of benzene rings is 1. The van der Waals surface area contributed by atoms with Gasteiger partial charge in [-0.15, -0.1) is 10.2 Å². The second-order valence-electron chi connectivity index (χ2n) is 8.11. The number of aromatic nitrogens is 3. The minimum atomic E-state index is -0.298. The fraction of sp³-hybridized carbons (Fsp3) is 0.400. The van der Waals surface area contributed by atoms with Crippen molar-refractivity contribution in [2.24, 2.45) is 0 Å². The summed E-state index contributed by atoms with van der Waals surface area (Å²) in [7, 11) is 1.64. The Labute approximate surface area is 198 Å². The second-order valence-corrected chi connectivity index (χ2v) is 9.42. The monoisotopic (exact) mass is 466 g/mol. The van der Waals surface area contributed by atoms with Gasteiger partial charge in [-0.2, -0.15) is 0 Å². The number of nitrogens with one attached hydrogen (secondary N) is 1. The summed E-state index contributed by atoms with van der Waals surface area (Å²) in [5.74, 6) is 2.30. The van der Waals surface area contributed by atoms with E-state index in [-0.39, 0.29) is 11.2 Å². The summed E-state index contributed by atoms with van der Waals surface area (Å²) in [6.45, 7) is 3.05. The van der Waals surface area contributed by atoms with Gasteiger partial charge in [0.25, 0.3) is 0 Å². The molecular weight excluding hydrogens is 436 g/mol. The number of furan rings is 1. The normalized spacial score (nSPS) is 14.5. The maximum absolute atomic E-state index is 12.7. The number of rotatable bonds is 10. The molecule has 1 amide bonds. The average Bonchev–Trinajstić information content (AvgIpc) is 3.50. The van der Waals surface area contributed by atoms with Gasteiger partial charge in [-0.3, -0.25) is 9.36 Å². The van der Waals surface area contributed by atoms with E-state index >= 15 is 0 Å². The first-order chi connectivity index (χ1) is 16.1. The average molecular weight is 467 g/mol. The molecule has 2 aromatic heterocycles. The number of hydrogen-bond donors (Lipinski definition) is 1. The predicted molar refractivity (Wildman–Crippen MR) is 129 cm³/mol. The maximum atomic E-state index is 12.7. The highest BCUT2D eigenvalue weighted by molar-refractivity contribution is 8.00. The molecule has 1 atom stereocenters. The Kier molecular flexibility index (Phi) is 7.88. The lowest BCUT2D eigenvalue weighted by Crippen LogP contribution is -2.32. The number of thioether (sulfide) groups is 1. The topological polar surface area (TPSA) is 82.2 Å². The Hall–Kier alpha value is -3.00. The molecule has 7 nitrogen and oxygen atoms in total. The molecule has 1 aliphatic carbocycles. The molecule has 0 fully saturated rings. The molecule has 0 radical (unpaired) electrons. The van der Waals surface area contributed by atoms with Crippen LogP contribution in [-0.2, 0) is 11.3 Å². The van der Waals surface area contributed by atoms with Crippen LogP contribution < -0.4 is 10.1 Å². The number of amides is 1.